The zero-order valence-corrected chi connectivity index (χ0v) is 12.2. The fourth-order valence-electron chi connectivity index (χ4n) is 3.13. The third kappa shape index (κ3) is 3.49. The summed E-state index contributed by atoms with van der Waals surface area (Å²) in [5.74, 6) is 0. The lowest BCUT2D eigenvalue weighted by atomic mass is 9.91. The van der Waals surface area contributed by atoms with Gasteiger partial charge in [-0.05, 0) is 42.9 Å². The maximum Gasteiger partial charge on any atom is 0.0605 e. The van der Waals surface area contributed by atoms with Crippen molar-refractivity contribution in [3.05, 3.63) is 65.5 Å². The third-order valence-corrected chi connectivity index (χ3v) is 4.18. The molecule has 1 aromatic heterocycles. The number of rotatable bonds is 5. The molecule has 0 saturated heterocycles. The summed E-state index contributed by atoms with van der Waals surface area (Å²) in [5.41, 5.74) is 3.76. The first kappa shape index (κ1) is 14.2. The first-order chi connectivity index (χ1) is 10.4. The van der Waals surface area contributed by atoms with E-state index in [9.17, 15) is 5.11 Å². The highest BCUT2D eigenvalue weighted by atomic mass is 16.3. The average Bonchev–Trinajstić information content (AvgIpc) is 2.55. The van der Waals surface area contributed by atoms with Gasteiger partial charge in [-0.1, -0.05) is 36.4 Å². The van der Waals surface area contributed by atoms with Crippen molar-refractivity contribution in [3.8, 4) is 0 Å². The van der Waals surface area contributed by atoms with Crippen LogP contribution in [0.4, 0.5) is 0 Å². The van der Waals surface area contributed by atoms with Gasteiger partial charge in [-0.15, -0.1) is 0 Å². The Balaban J connectivity index is 1.70. The zero-order valence-electron chi connectivity index (χ0n) is 12.2. The SMILES string of the molecule is OC[C@@H](Cc1ccccc1)NC1CCCc2cccnc21. The number of hydrogen-bond acceptors (Lipinski definition) is 3. The van der Waals surface area contributed by atoms with E-state index < -0.39 is 0 Å². The van der Waals surface area contributed by atoms with Crippen LogP contribution in [0.15, 0.2) is 48.7 Å². The van der Waals surface area contributed by atoms with Gasteiger partial charge in [0.15, 0.2) is 0 Å². The number of hydrogen-bond donors (Lipinski definition) is 2. The third-order valence-electron chi connectivity index (χ3n) is 4.18. The molecule has 3 heteroatoms. The smallest absolute Gasteiger partial charge is 0.0605 e. The summed E-state index contributed by atoms with van der Waals surface area (Å²) in [7, 11) is 0. The molecule has 110 valence electrons. The maximum absolute atomic E-state index is 9.68. The second-order valence-electron chi connectivity index (χ2n) is 5.73. The zero-order chi connectivity index (χ0) is 14.5. The van der Waals surface area contributed by atoms with Crippen LogP contribution in [0.25, 0.3) is 0 Å². The predicted octanol–water partition coefficient (Wildman–Crippen LogP) is 2.65. The number of aromatic nitrogens is 1. The van der Waals surface area contributed by atoms with E-state index in [1.54, 1.807) is 0 Å². The number of benzene rings is 1. The largest absolute Gasteiger partial charge is 0.395 e. The molecule has 1 unspecified atom stereocenters. The van der Waals surface area contributed by atoms with Crippen molar-refractivity contribution >= 4 is 0 Å². The molecule has 3 rings (SSSR count). The van der Waals surface area contributed by atoms with Gasteiger partial charge in [0.05, 0.1) is 18.3 Å². The van der Waals surface area contributed by atoms with Crippen molar-refractivity contribution in [2.75, 3.05) is 6.61 Å². The molecule has 3 nitrogen and oxygen atoms in total. The minimum Gasteiger partial charge on any atom is -0.395 e. The van der Waals surface area contributed by atoms with Crippen LogP contribution in [0.5, 0.6) is 0 Å². The number of aliphatic hydroxyl groups excluding tert-OH is 1. The van der Waals surface area contributed by atoms with Gasteiger partial charge in [0.25, 0.3) is 0 Å². The highest BCUT2D eigenvalue weighted by Crippen LogP contribution is 2.28. The molecule has 0 fully saturated rings. The Bertz CT molecular complexity index is 570. The van der Waals surface area contributed by atoms with Crippen LogP contribution in [0.2, 0.25) is 0 Å². The summed E-state index contributed by atoms with van der Waals surface area (Å²) in [6, 6.07) is 14.8. The first-order valence-electron chi connectivity index (χ1n) is 7.71. The summed E-state index contributed by atoms with van der Waals surface area (Å²) in [6.07, 6.45) is 6.10. The van der Waals surface area contributed by atoms with Crippen LogP contribution < -0.4 is 5.32 Å². The molecule has 1 aliphatic rings. The minimum atomic E-state index is 0.0744. The van der Waals surface area contributed by atoms with E-state index in [4.69, 9.17) is 0 Å². The molecule has 2 N–H and O–H groups in total. The molecule has 21 heavy (non-hydrogen) atoms. The van der Waals surface area contributed by atoms with E-state index in [2.05, 4.69) is 28.5 Å². The lowest BCUT2D eigenvalue weighted by molar-refractivity contribution is 0.224. The Labute approximate surface area is 126 Å². The molecule has 0 aliphatic heterocycles. The van der Waals surface area contributed by atoms with Crippen LogP contribution >= 0.6 is 0 Å². The Kier molecular flexibility index (Phi) is 4.63. The molecule has 0 saturated carbocycles. The molecule has 2 atom stereocenters. The van der Waals surface area contributed by atoms with Crippen molar-refractivity contribution in [1.82, 2.24) is 10.3 Å². The molecule has 0 bridgehead atoms. The molecule has 2 aromatic rings. The monoisotopic (exact) mass is 282 g/mol. The van der Waals surface area contributed by atoms with Gasteiger partial charge in [-0.3, -0.25) is 4.98 Å². The van der Waals surface area contributed by atoms with E-state index >= 15 is 0 Å². The second kappa shape index (κ2) is 6.83. The Morgan fingerprint density at radius 1 is 1.19 bits per heavy atom. The molecule has 0 radical (unpaired) electrons. The highest BCUT2D eigenvalue weighted by Gasteiger charge is 2.23. The Hall–Kier alpha value is -1.71. The van der Waals surface area contributed by atoms with Crippen LogP contribution in [0.1, 0.15) is 35.7 Å². The summed E-state index contributed by atoms with van der Waals surface area (Å²) >= 11 is 0. The molecular formula is C18H22N2O. The van der Waals surface area contributed by atoms with E-state index in [-0.39, 0.29) is 18.7 Å². The molecule has 1 aliphatic carbocycles. The van der Waals surface area contributed by atoms with E-state index in [1.165, 1.54) is 17.5 Å². The van der Waals surface area contributed by atoms with E-state index in [0.29, 0.717) is 0 Å². The number of nitrogens with one attached hydrogen (secondary N) is 1. The quantitative estimate of drug-likeness (QED) is 0.886. The average molecular weight is 282 g/mol. The molecular weight excluding hydrogens is 260 g/mol. The topological polar surface area (TPSA) is 45.1 Å². The van der Waals surface area contributed by atoms with Crippen molar-refractivity contribution in [2.24, 2.45) is 0 Å². The summed E-state index contributed by atoms with van der Waals surface area (Å²) in [5, 5.41) is 13.3. The highest BCUT2D eigenvalue weighted by molar-refractivity contribution is 5.25. The molecule has 1 aromatic carbocycles. The van der Waals surface area contributed by atoms with Crippen LogP contribution in [-0.4, -0.2) is 22.7 Å². The van der Waals surface area contributed by atoms with Crippen LogP contribution in [-0.2, 0) is 12.8 Å². The van der Waals surface area contributed by atoms with Gasteiger partial charge in [0, 0.05) is 12.2 Å². The Morgan fingerprint density at radius 2 is 2.05 bits per heavy atom. The number of aliphatic hydroxyl groups is 1. The van der Waals surface area contributed by atoms with E-state index in [0.717, 1.165) is 25.0 Å². The summed E-state index contributed by atoms with van der Waals surface area (Å²) in [4.78, 5) is 4.55. The van der Waals surface area contributed by atoms with Gasteiger partial charge in [-0.25, -0.2) is 0 Å². The van der Waals surface area contributed by atoms with Crippen molar-refractivity contribution in [2.45, 2.75) is 37.8 Å². The molecule has 0 spiro atoms. The number of aryl methyl sites for hydroxylation is 1. The molecule has 1 heterocycles. The van der Waals surface area contributed by atoms with Crippen LogP contribution in [0.3, 0.4) is 0 Å². The van der Waals surface area contributed by atoms with Crippen LogP contribution in [0, 0.1) is 0 Å². The fraction of sp³-hybridized carbons (Fsp3) is 0.389. The Morgan fingerprint density at radius 3 is 2.86 bits per heavy atom. The summed E-state index contributed by atoms with van der Waals surface area (Å²) in [6.45, 7) is 0.146. The van der Waals surface area contributed by atoms with Gasteiger partial charge < -0.3 is 10.4 Å². The second-order valence-corrected chi connectivity index (χ2v) is 5.73. The predicted molar refractivity (Wildman–Crippen MR) is 84.1 cm³/mol. The van der Waals surface area contributed by atoms with Gasteiger partial charge in [-0.2, -0.15) is 0 Å². The van der Waals surface area contributed by atoms with Crippen molar-refractivity contribution in [1.29, 1.82) is 0 Å². The number of pyridine rings is 1. The van der Waals surface area contributed by atoms with Gasteiger partial charge >= 0.3 is 0 Å². The number of nitrogens with zero attached hydrogens (tertiary/aromatic N) is 1. The van der Waals surface area contributed by atoms with Gasteiger partial charge in [0.2, 0.25) is 0 Å². The standard InChI is InChI=1S/C18H22N2O/c21-13-16(12-14-6-2-1-3-7-14)20-17-10-4-8-15-9-5-11-19-18(15)17/h1-3,5-7,9,11,16-17,20-21H,4,8,10,12-13H2/t16-,17?/m1/s1. The maximum atomic E-state index is 9.68. The van der Waals surface area contributed by atoms with Crippen molar-refractivity contribution < 1.29 is 5.11 Å². The lowest BCUT2D eigenvalue weighted by Crippen LogP contribution is -2.39. The first-order valence-corrected chi connectivity index (χ1v) is 7.71. The normalized spacial score (nSPS) is 19.0. The molecule has 0 amide bonds. The number of fused-ring (bicyclic) bond motifs is 1. The summed E-state index contributed by atoms with van der Waals surface area (Å²) < 4.78 is 0. The fourth-order valence-corrected chi connectivity index (χ4v) is 3.13. The van der Waals surface area contributed by atoms with E-state index in [1.807, 2.05) is 30.5 Å². The van der Waals surface area contributed by atoms with Crippen molar-refractivity contribution in [3.63, 3.8) is 0 Å². The minimum absolute atomic E-state index is 0.0744. The van der Waals surface area contributed by atoms with Gasteiger partial charge in [0.1, 0.15) is 0 Å². The lowest BCUT2D eigenvalue weighted by Gasteiger charge is -2.29.